The van der Waals surface area contributed by atoms with E-state index >= 15 is 0 Å². The van der Waals surface area contributed by atoms with Crippen molar-refractivity contribution in [3.63, 3.8) is 0 Å². The summed E-state index contributed by atoms with van der Waals surface area (Å²) in [7, 11) is 1.45. The largest absolute Gasteiger partial charge is 0.493 e. The molecule has 0 bridgehead atoms. The summed E-state index contributed by atoms with van der Waals surface area (Å²) in [6.45, 7) is 9.21. The van der Waals surface area contributed by atoms with Gasteiger partial charge < -0.3 is 10.0 Å². The molecule has 0 fully saturated rings. The molecule has 0 aliphatic carbocycles. The third kappa shape index (κ3) is 2.34. The molecule has 1 aromatic carbocycles. The minimum atomic E-state index is -0.369. The smallest absolute Gasteiger partial charge is 0.260 e. The van der Waals surface area contributed by atoms with Crippen LogP contribution in [0.1, 0.15) is 37.0 Å². The molecule has 5 heteroatoms. The Balaban J connectivity index is 1.97. The zero-order valence-electron chi connectivity index (χ0n) is 16.4. The first-order valence-electron chi connectivity index (χ1n) is 9.42. The summed E-state index contributed by atoms with van der Waals surface area (Å²) in [6.07, 6.45) is 5.88. The molecule has 0 spiro atoms. The van der Waals surface area contributed by atoms with Crippen molar-refractivity contribution in [1.29, 1.82) is 5.26 Å². The molecule has 0 saturated carbocycles. The van der Waals surface area contributed by atoms with E-state index in [1.165, 1.54) is 23.9 Å². The molecule has 142 valence electrons. The lowest BCUT2D eigenvalue weighted by molar-refractivity contribution is 0.420. The normalized spacial score (nSPS) is 19.0. The Morgan fingerprint density at radius 1 is 1.32 bits per heavy atom. The molecular formula is C23H23N3O2. The molecule has 0 unspecified atom stereocenters. The first kappa shape index (κ1) is 18.1. The molecule has 28 heavy (non-hydrogen) atoms. The van der Waals surface area contributed by atoms with Gasteiger partial charge in [-0.3, -0.25) is 9.36 Å². The molecule has 1 aromatic heterocycles. The molecular weight excluding hydrogens is 350 g/mol. The number of aromatic hydroxyl groups is 1. The Morgan fingerprint density at radius 3 is 2.79 bits per heavy atom. The second-order valence-electron chi connectivity index (χ2n) is 7.98. The highest BCUT2D eigenvalue weighted by molar-refractivity contribution is 5.76. The number of allylic oxidation sites excluding steroid dienone is 2. The van der Waals surface area contributed by atoms with Gasteiger partial charge in [0.2, 0.25) is 5.88 Å². The molecule has 2 aliphatic rings. The van der Waals surface area contributed by atoms with Crippen LogP contribution in [0.15, 0.2) is 34.8 Å². The van der Waals surface area contributed by atoms with Crippen molar-refractivity contribution in [3.8, 4) is 11.9 Å². The van der Waals surface area contributed by atoms with Crippen LogP contribution in [0.25, 0.3) is 12.7 Å². The average Bonchev–Trinajstić information content (AvgIpc) is 2.90. The van der Waals surface area contributed by atoms with Gasteiger partial charge in [-0.05, 0) is 36.1 Å². The first-order valence-corrected chi connectivity index (χ1v) is 9.42. The van der Waals surface area contributed by atoms with Crippen LogP contribution < -0.4 is 20.9 Å². The fraction of sp³-hybridized carbons (Fsp3) is 0.304. The number of hydrogen-bond acceptors (Lipinski definition) is 4. The highest BCUT2D eigenvalue weighted by atomic mass is 16.3. The summed E-state index contributed by atoms with van der Waals surface area (Å²) >= 11 is 0. The maximum absolute atomic E-state index is 12.7. The molecule has 0 amide bonds. The summed E-state index contributed by atoms with van der Waals surface area (Å²) in [5.74, 6) is -0.350. The Hall–Kier alpha value is -3.26. The number of benzene rings is 1. The lowest BCUT2D eigenvalue weighted by Gasteiger charge is -2.30. The van der Waals surface area contributed by atoms with E-state index in [1.54, 1.807) is 6.08 Å². The van der Waals surface area contributed by atoms with Gasteiger partial charge in [0, 0.05) is 40.8 Å². The number of aromatic nitrogens is 1. The molecule has 2 aliphatic heterocycles. The van der Waals surface area contributed by atoms with E-state index in [4.69, 9.17) is 0 Å². The molecule has 5 nitrogen and oxygen atoms in total. The van der Waals surface area contributed by atoms with Crippen LogP contribution in [0.4, 0.5) is 5.69 Å². The molecule has 0 radical (unpaired) electrons. The van der Waals surface area contributed by atoms with Crippen LogP contribution in [0.2, 0.25) is 0 Å². The number of hydrogen-bond donors (Lipinski definition) is 1. The zero-order chi connectivity index (χ0) is 20.2. The minimum Gasteiger partial charge on any atom is -0.493 e. The fourth-order valence-corrected chi connectivity index (χ4v) is 4.47. The van der Waals surface area contributed by atoms with Crippen molar-refractivity contribution < 1.29 is 5.11 Å². The third-order valence-electron chi connectivity index (χ3n) is 6.04. The lowest BCUT2D eigenvalue weighted by atomic mass is 9.83. The Morgan fingerprint density at radius 2 is 2.07 bits per heavy atom. The second kappa shape index (κ2) is 6.13. The van der Waals surface area contributed by atoms with Crippen LogP contribution >= 0.6 is 0 Å². The van der Waals surface area contributed by atoms with E-state index in [2.05, 4.69) is 43.5 Å². The van der Waals surface area contributed by atoms with Crippen LogP contribution in [-0.2, 0) is 18.9 Å². The van der Waals surface area contributed by atoms with Crippen LogP contribution in [0, 0.1) is 11.3 Å². The fourth-order valence-electron chi connectivity index (χ4n) is 4.47. The molecule has 3 heterocycles. The topological polar surface area (TPSA) is 69.3 Å². The number of nitrogens with zero attached hydrogens (tertiary/aromatic N) is 3. The molecule has 0 saturated heterocycles. The van der Waals surface area contributed by atoms with Crippen molar-refractivity contribution in [1.82, 2.24) is 4.57 Å². The van der Waals surface area contributed by atoms with E-state index in [1.807, 2.05) is 12.1 Å². The van der Waals surface area contributed by atoms with Gasteiger partial charge in [-0.1, -0.05) is 38.6 Å². The predicted molar refractivity (Wildman–Crippen MR) is 111 cm³/mol. The standard InChI is InChI=1S/C23H23N3O2/c1-14-16(21(27)25(4)22(28)17(14)13-24)10-11-19-23(2,3)18-9-5-7-15-8-6-12-26(19)20(15)18/h5,7,9-11,28H,1,6,8,12H2,2-4H3/b16-10+,19-11?. The average molecular weight is 373 g/mol. The van der Waals surface area contributed by atoms with Crippen molar-refractivity contribution in [2.24, 2.45) is 7.05 Å². The van der Waals surface area contributed by atoms with Gasteiger partial charge in [0.1, 0.15) is 11.6 Å². The Labute approximate surface area is 163 Å². The van der Waals surface area contributed by atoms with Crippen molar-refractivity contribution >= 4 is 18.3 Å². The van der Waals surface area contributed by atoms with Gasteiger partial charge in [0.15, 0.2) is 0 Å². The lowest BCUT2D eigenvalue weighted by Crippen LogP contribution is -2.45. The van der Waals surface area contributed by atoms with E-state index in [0.29, 0.717) is 5.22 Å². The quantitative estimate of drug-likeness (QED) is 0.827. The number of aryl methyl sites for hydroxylation is 1. The van der Waals surface area contributed by atoms with Crippen molar-refractivity contribution in [2.75, 3.05) is 11.4 Å². The summed E-state index contributed by atoms with van der Waals surface area (Å²) in [5, 5.41) is 20.0. The number of pyridine rings is 1. The van der Waals surface area contributed by atoms with E-state index in [0.717, 1.165) is 29.7 Å². The van der Waals surface area contributed by atoms with Crippen LogP contribution in [0.5, 0.6) is 5.88 Å². The first-order chi connectivity index (χ1) is 13.3. The van der Waals surface area contributed by atoms with E-state index in [-0.39, 0.29) is 27.6 Å². The SMILES string of the molecule is C=c1c(C#N)c(O)n(C)c(=O)/c1=C/C=C1N2CCCc3cccc(c32)C1(C)C. The molecule has 2 aromatic rings. The summed E-state index contributed by atoms with van der Waals surface area (Å²) < 4.78 is 1.09. The Bertz CT molecular complexity index is 1240. The van der Waals surface area contributed by atoms with E-state index in [9.17, 15) is 15.2 Å². The van der Waals surface area contributed by atoms with Gasteiger partial charge in [-0.2, -0.15) is 5.26 Å². The summed E-state index contributed by atoms with van der Waals surface area (Å²) in [4.78, 5) is 15.0. The van der Waals surface area contributed by atoms with Gasteiger partial charge in [-0.25, -0.2) is 0 Å². The Kier molecular flexibility index (Phi) is 3.97. The summed E-state index contributed by atoms with van der Waals surface area (Å²) in [5.41, 5.74) is 4.56. The minimum absolute atomic E-state index is 0.0287. The highest BCUT2D eigenvalue weighted by Crippen LogP contribution is 2.50. The van der Waals surface area contributed by atoms with Crippen LogP contribution in [0.3, 0.4) is 0 Å². The van der Waals surface area contributed by atoms with Crippen LogP contribution in [-0.4, -0.2) is 16.2 Å². The van der Waals surface area contributed by atoms with Crippen molar-refractivity contribution in [2.45, 2.75) is 32.1 Å². The van der Waals surface area contributed by atoms with E-state index < -0.39 is 0 Å². The number of anilines is 1. The number of para-hydroxylation sites is 1. The third-order valence-corrected chi connectivity index (χ3v) is 6.04. The second-order valence-corrected chi connectivity index (χ2v) is 7.98. The number of nitriles is 1. The van der Waals surface area contributed by atoms with Gasteiger partial charge >= 0.3 is 0 Å². The molecule has 0 atom stereocenters. The molecule has 1 N–H and O–H groups in total. The van der Waals surface area contributed by atoms with Gasteiger partial charge in [-0.15, -0.1) is 0 Å². The van der Waals surface area contributed by atoms with Gasteiger partial charge in [0.05, 0.1) is 0 Å². The highest BCUT2D eigenvalue weighted by Gasteiger charge is 2.41. The molecule has 4 rings (SSSR count). The maximum Gasteiger partial charge on any atom is 0.260 e. The summed E-state index contributed by atoms with van der Waals surface area (Å²) in [6, 6.07) is 8.43. The predicted octanol–water partition coefficient (Wildman–Crippen LogP) is 1.78. The van der Waals surface area contributed by atoms with Crippen molar-refractivity contribution in [3.05, 3.63) is 67.5 Å². The monoisotopic (exact) mass is 373 g/mol. The zero-order valence-corrected chi connectivity index (χ0v) is 16.4. The number of rotatable bonds is 1. The maximum atomic E-state index is 12.7. The van der Waals surface area contributed by atoms with Gasteiger partial charge in [0.25, 0.3) is 5.56 Å².